The number of aliphatic hydroxyl groups is 1. The Morgan fingerprint density at radius 2 is 2.30 bits per heavy atom. The second-order valence-electron chi connectivity index (χ2n) is 8.32. The highest BCUT2D eigenvalue weighted by atomic mass is 16.3. The van der Waals surface area contributed by atoms with Crippen LogP contribution < -0.4 is 11.6 Å². The summed E-state index contributed by atoms with van der Waals surface area (Å²) in [5.41, 5.74) is 7.91. The van der Waals surface area contributed by atoms with Crippen LogP contribution in [0.25, 0.3) is 0 Å². The smallest absolute Gasteiger partial charge is 0.248 e. The van der Waals surface area contributed by atoms with Crippen molar-refractivity contribution >= 4 is 11.6 Å². The van der Waals surface area contributed by atoms with E-state index in [9.17, 15) is 9.90 Å². The van der Waals surface area contributed by atoms with Gasteiger partial charge in [-0.05, 0) is 41.5 Å². The number of fused-ring (bicyclic) bond motifs is 1. The molecule has 1 fully saturated rings. The zero-order valence-electron chi connectivity index (χ0n) is 15.6. The van der Waals surface area contributed by atoms with Crippen molar-refractivity contribution in [1.29, 1.82) is 0 Å². The van der Waals surface area contributed by atoms with Gasteiger partial charge in [0, 0.05) is 30.2 Å². The maximum absolute atomic E-state index is 12.0. The molecule has 0 spiro atoms. The number of hydrogen-bond donors (Lipinski definition) is 3. The van der Waals surface area contributed by atoms with Crippen LogP contribution in [0.3, 0.4) is 0 Å². The van der Waals surface area contributed by atoms with Crippen molar-refractivity contribution in [3.05, 3.63) is 59.7 Å². The number of rotatable bonds is 3. The van der Waals surface area contributed by atoms with Crippen LogP contribution in [0.2, 0.25) is 0 Å². The molecule has 4 bridgehead atoms. The Morgan fingerprint density at radius 3 is 2.96 bits per heavy atom. The van der Waals surface area contributed by atoms with Crippen molar-refractivity contribution in [2.24, 2.45) is 22.6 Å². The summed E-state index contributed by atoms with van der Waals surface area (Å²) in [4.78, 5) is 11.8. The van der Waals surface area contributed by atoms with Crippen molar-refractivity contribution < 1.29 is 14.4 Å². The Balaban J connectivity index is 1.97. The Morgan fingerprint density at radius 1 is 1.52 bits per heavy atom. The normalized spacial score (nSPS) is 38.1. The average Bonchev–Trinajstić information content (AvgIpc) is 2.67. The minimum absolute atomic E-state index is 0.000517. The van der Waals surface area contributed by atoms with Crippen LogP contribution >= 0.6 is 0 Å². The molecule has 0 radical (unpaired) electrons. The standard InChI is InChI=1S/C21H26N4O2/c1-3-9-25(2)10-7-15-17(24-23)6-8-21(27)18(25)12-13-4-5-14(20(22)26)11-16(13)19(15)21/h3-6,8,11,15,18-19,27H,1,7,9-10,12,23H2,2H3,(H-,22,26)/p+1. The third-order valence-electron chi connectivity index (χ3n) is 6.91. The number of amides is 1. The van der Waals surface area contributed by atoms with Gasteiger partial charge in [-0.2, -0.15) is 5.10 Å². The molecule has 1 saturated heterocycles. The number of likely N-dealkylation sites (N-methyl/N-ethyl adjacent to an activating group) is 1. The Kier molecular flexibility index (Phi) is 4.01. The summed E-state index contributed by atoms with van der Waals surface area (Å²) >= 11 is 0. The zero-order chi connectivity index (χ0) is 19.4. The lowest BCUT2D eigenvalue weighted by Crippen LogP contribution is -2.66. The number of likely N-dealkylation sites (tertiary alicyclic amines) is 1. The number of nitrogens with zero attached hydrogens (tertiary/aromatic N) is 2. The molecule has 1 aromatic rings. The van der Waals surface area contributed by atoms with E-state index in [2.05, 4.69) is 18.7 Å². The number of benzene rings is 1. The van der Waals surface area contributed by atoms with Gasteiger partial charge in [0.15, 0.2) is 0 Å². The maximum Gasteiger partial charge on any atom is 0.248 e. The van der Waals surface area contributed by atoms with Gasteiger partial charge in [0.2, 0.25) is 5.91 Å². The number of carbonyl (C=O) groups excluding carboxylic acids is 1. The van der Waals surface area contributed by atoms with Crippen LogP contribution in [0.5, 0.6) is 0 Å². The molecule has 142 valence electrons. The van der Waals surface area contributed by atoms with E-state index in [1.54, 1.807) is 6.07 Å². The number of hydrazone groups is 1. The molecule has 1 aromatic carbocycles. The highest BCUT2D eigenvalue weighted by Crippen LogP contribution is 2.53. The number of quaternary nitrogens is 1. The molecule has 1 aliphatic heterocycles. The lowest BCUT2D eigenvalue weighted by atomic mass is 9.60. The molecule has 5 atom stereocenters. The fraction of sp³-hybridized carbons (Fsp3) is 0.429. The maximum atomic E-state index is 12.0. The van der Waals surface area contributed by atoms with Gasteiger partial charge >= 0.3 is 0 Å². The first kappa shape index (κ1) is 17.9. The van der Waals surface area contributed by atoms with E-state index < -0.39 is 11.5 Å². The molecule has 0 saturated carbocycles. The molecule has 6 nitrogen and oxygen atoms in total. The second-order valence-corrected chi connectivity index (χ2v) is 8.32. The molecule has 3 aliphatic rings. The summed E-state index contributed by atoms with van der Waals surface area (Å²) in [7, 11) is 2.19. The van der Waals surface area contributed by atoms with Crippen LogP contribution in [0.15, 0.2) is 48.1 Å². The molecule has 27 heavy (non-hydrogen) atoms. The van der Waals surface area contributed by atoms with Crippen LogP contribution in [-0.2, 0) is 6.42 Å². The quantitative estimate of drug-likeness (QED) is 0.322. The Labute approximate surface area is 159 Å². The van der Waals surface area contributed by atoms with Gasteiger partial charge in [0.05, 0.1) is 25.8 Å². The van der Waals surface area contributed by atoms with Crippen molar-refractivity contribution in [2.75, 3.05) is 20.1 Å². The zero-order valence-corrected chi connectivity index (χ0v) is 15.6. The fourth-order valence-corrected chi connectivity index (χ4v) is 5.60. The highest BCUT2D eigenvalue weighted by molar-refractivity contribution is 5.99. The molecule has 0 aromatic heterocycles. The van der Waals surface area contributed by atoms with Crippen molar-refractivity contribution in [2.45, 2.75) is 30.4 Å². The lowest BCUT2D eigenvalue weighted by Gasteiger charge is -2.52. The van der Waals surface area contributed by atoms with E-state index in [4.69, 9.17) is 11.6 Å². The van der Waals surface area contributed by atoms with Crippen molar-refractivity contribution in [1.82, 2.24) is 0 Å². The molecular formula is C21H27N4O2+. The highest BCUT2D eigenvalue weighted by Gasteiger charge is 2.61. The summed E-state index contributed by atoms with van der Waals surface area (Å²) in [6.45, 7) is 5.62. The fourth-order valence-electron chi connectivity index (χ4n) is 5.60. The number of carbonyl (C=O) groups is 1. The molecule has 5 unspecified atom stereocenters. The lowest BCUT2D eigenvalue weighted by molar-refractivity contribution is -0.933. The first-order chi connectivity index (χ1) is 12.8. The summed E-state index contributed by atoms with van der Waals surface area (Å²) in [5, 5.41) is 16.0. The first-order valence-corrected chi connectivity index (χ1v) is 9.41. The first-order valence-electron chi connectivity index (χ1n) is 9.41. The summed E-state index contributed by atoms with van der Waals surface area (Å²) in [6, 6.07) is 5.62. The Hall–Kier alpha value is -2.44. The predicted molar refractivity (Wildman–Crippen MR) is 105 cm³/mol. The molecule has 4 rings (SSSR count). The third kappa shape index (κ3) is 2.47. The minimum Gasteiger partial charge on any atom is -0.379 e. The second kappa shape index (κ2) is 6.04. The van der Waals surface area contributed by atoms with Gasteiger partial charge < -0.3 is 21.2 Å². The topological polar surface area (TPSA) is 102 Å². The minimum atomic E-state index is -1.03. The van der Waals surface area contributed by atoms with Gasteiger partial charge in [0.25, 0.3) is 0 Å². The van der Waals surface area contributed by atoms with Gasteiger partial charge in [0.1, 0.15) is 11.6 Å². The summed E-state index contributed by atoms with van der Waals surface area (Å²) in [5.74, 6) is 5.04. The third-order valence-corrected chi connectivity index (χ3v) is 6.91. The van der Waals surface area contributed by atoms with Crippen molar-refractivity contribution in [3.8, 4) is 0 Å². The predicted octanol–water partition coefficient (Wildman–Crippen LogP) is 1.06. The van der Waals surface area contributed by atoms with E-state index in [0.29, 0.717) is 10.0 Å². The monoisotopic (exact) mass is 367 g/mol. The SMILES string of the molecule is C=CC[N+]1(C)CCC2C(=NN)C=CC3(O)C2c2cc(C(N)=O)ccc2CC31. The van der Waals surface area contributed by atoms with E-state index >= 15 is 0 Å². The molecule has 2 aliphatic carbocycles. The van der Waals surface area contributed by atoms with E-state index in [1.807, 2.05) is 30.4 Å². The number of hydrogen-bond acceptors (Lipinski definition) is 4. The van der Waals surface area contributed by atoms with Gasteiger partial charge in [-0.1, -0.05) is 12.6 Å². The number of allylic oxidation sites excluding steroid dienone is 1. The van der Waals surface area contributed by atoms with Gasteiger partial charge in [-0.3, -0.25) is 4.79 Å². The molecule has 6 heteroatoms. The van der Waals surface area contributed by atoms with Crippen LogP contribution in [0, 0.1) is 5.92 Å². The van der Waals surface area contributed by atoms with Crippen LogP contribution in [-0.4, -0.2) is 53.0 Å². The largest absolute Gasteiger partial charge is 0.379 e. The summed E-state index contributed by atoms with van der Waals surface area (Å²) < 4.78 is 0.714. The molecule has 1 heterocycles. The van der Waals surface area contributed by atoms with Gasteiger partial charge in [-0.25, -0.2) is 0 Å². The van der Waals surface area contributed by atoms with Gasteiger partial charge in [-0.15, -0.1) is 0 Å². The molecule has 1 amide bonds. The number of nitrogens with two attached hydrogens (primary N) is 2. The molecule has 5 N–H and O–H groups in total. The average molecular weight is 367 g/mol. The molecular weight excluding hydrogens is 340 g/mol. The van der Waals surface area contributed by atoms with Crippen LogP contribution in [0.4, 0.5) is 0 Å². The van der Waals surface area contributed by atoms with E-state index in [-0.39, 0.29) is 17.9 Å². The van der Waals surface area contributed by atoms with E-state index in [0.717, 1.165) is 42.8 Å². The number of primary amides is 1. The van der Waals surface area contributed by atoms with Crippen LogP contribution in [0.1, 0.15) is 33.8 Å². The summed E-state index contributed by atoms with van der Waals surface area (Å²) in [6.07, 6.45) is 7.27. The van der Waals surface area contributed by atoms with E-state index in [1.165, 1.54) is 0 Å². The van der Waals surface area contributed by atoms with Crippen molar-refractivity contribution in [3.63, 3.8) is 0 Å². The Bertz CT molecular complexity index is 877.